The number of rotatable bonds is 6. The van der Waals surface area contributed by atoms with Gasteiger partial charge in [-0.3, -0.25) is 0 Å². The summed E-state index contributed by atoms with van der Waals surface area (Å²) in [6.45, 7) is 8.52. The SMILES string of the molecule is CCNCc1cccnc1SCC(C)C. The van der Waals surface area contributed by atoms with Crippen molar-refractivity contribution < 1.29 is 0 Å². The van der Waals surface area contributed by atoms with Crippen LogP contribution in [0.15, 0.2) is 23.4 Å². The van der Waals surface area contributed by atoms with Crippen molar-refractivity contribution >= 4 is 11.8 Å². The Kier molecular flexibility index (Phi) is 5.73. The van der Waals surface area contributed by atoms with Gasteiger partial charge in [0.1, 0.15) is 5.03 Å². The minimum atomic E-state index is 0.712. The van der Waals surface area contributed by atoms with E-state index in [-0.39, 0.29) is 0 Å². The van der Waals surface area contributed by atoms with E-state index in [1.54, 1.807) is 0 Å². The summed E-state index contributed by atoms with van der Waals surface area (Å²) in [5.74, 6) is 1.85. The highest BCUT2D eigenvalue weighted by atomic mass is 32.2. The minimum absolute atomic E-state index is 0.712. The molecule has 0 fully saturated rings. The maximum atomic E-state index is 4.43. The summed E-state index contributed by atoms with van der Waals surface area (Å²) in [5, 5.41) is 4.51. The smallest absolute Gasteiger partial charge is 0.100 e. The molecule has 0 saturated heterocycles. The number of nitrogens with one attached hydrogen (secondary N) is 1. The van der Waals surface area contributed by atoms with Crippen LogP contribution in [0.1, 0.15) is 26.3 Å². The molecule has 0 spiro atoms. The Balaban J connectivity index is 2.59. The first-order chi connectivity index (χ1) is 7.24. The molecule has 1 aromatic heterocycles. The molecular formula is C12H20N2S. The van der Waals surface area contributed by atoms with Crippen LogP contribution < -0.4 is 5.32 Å². The highest BCUT2D eigenvalue weighted by Crippen LogP contribution is 2.21. The Bertz CT molecular complexity index is 287. The first-order valence-corrected chi connectivity index (χ1v) is 6.50. The van der Waals surface area contributed by atoms with Gasteiger partial charge >= 0.3 is 0 Å². The van der Waals surface area contributed by atoms with E-state index in [0.29, 0.717) is 5.92 Å². The molecule has 0 aliphatic rings. The van der Waals surface area contributed by atoms with Gasteiger partial charge in [-0.2, -0.15) is 0 Å². The lowest BCUT2D eigenvalue weighted by molar-refractivity contribution is 0.709. The van der Waals surface area contributed by atoms with Crippen LogP contribution in [0, 0.1) is 5.92 Å². The Labute approximate surface area is 96.9 Å². The Hall–Kier alpha value is -0.540. The number of hydrogen-bond donors (Lipinski definition) is 1. The van der Waals surface area contributed by atoms with Crippen LogP contribution >= 0.6 is 11.8 Å². The molecule has 3 heteroatoms. The van der Waals surface area contributed by atoms with Crippen molar-refractivity contribution in [3.8, 4) is 0 Å². The van der Waals surface area contributed by atoms with Crippen LogP contribution in [0.5, 0.6) is 0 Å². The van der Waals surface area contributed by atoms with Gasteiger partial charge in [0.2, 0.25) is 0 Å². The van der Waals surface area contributed by atoms with Gasteiger partial charge in [-0.15, -0.1) is 11.8 Å². The average molecular weight is 224 g/mol. The third-order valence-corrected chi connectivity index (χ3v) is 3.44. The van der Waals surface area contributed by atoms with Gasteiger partial charge < -0.3 is 5.32 Å². The Morgan fingerprint density at radius 2 is 2.27 bits per heavy atom. The molecule has 84 valence electrons. The molecule has 0 aliphatic heterocycles. The van der Waals surface area contributed by atoms with Crippen LogP contribution in [0.2, 0.25) is 0 Å². The molecule has 2 nitrogen and oxygen atoms in total. The van der Waals surface area contributed by atoms with Crippen molar-refractivity contribution in [2.75, 3.05) is 12.3 Å². The van der Waals surface area contributed by atoms with E-state index in [1.165, 1.54) is 10.6 Å². The van der Waals surface area contributed by atoms with Crippen LogP contribution in [-0.2, 0) is 6.54 Å². The fourth-order valence-electron chi connectivity index (χ4n) is 1.19. The highest BCUT2D eigenvalue weighted by molar-refractivity contribution is 7.99. The predicted octanol–water partition coefficient (Wildman–Crippen LogP) is 2.94. The molecule has 0 aromatic carbocycles. The zero-order valence-electron chi connectivity index (χ0n) is 9.79. The van der Waals surface area contributed by atoms with E-state index in [4.69, 9.17) is 0 Å². The van der Waals surface area contributed by atoms with E-state index in [9.17, 15) is 0 Å². The van der Waals surface area contributed by atoms with Gasteiger partial charge in [0, 0.05) is 18.5 Å². The van der Waals surface area contributed by atoms with Gasteiger partial charge in [0.25, 0.3) is 0 Å². The summed E-state index contributed by atoms with van der Waals surface area (Å²) in [7, 11) is 0. The van der Waals surface area contributed by atoms with E-state index in [2.05, 4.69) is 37.1 Å². The van der Waals surface area contributed by atoms with E-state index >= 15 is 0 Å². The van der Waals surface area contributed by atoms with Crippen molar-refractivity contribution in [2.24, 2.45) is 5.92 Å². The standard InChI is InChI=1S/C12H20N2S/c1-4-13-8-11-6-5-7-14-12(11)15-9-10(2)3/h5-7,10,13H,4,8-9H2,1-3H3. The predicted molar refractivity (Wildman–Crippen MR) is 67.2 cm³/mol. The van der Waals surface area contributed by atoms with Gasteiger partial charge in [-0.05, 0) is 24.1 Å². The maximum absolute atomic E-state index is 4.43. The van der Waals surface area contributed by atoms with Gasteiger partial charge in [0.15, 0.2) is 0 Å². The monoisotopic (exact) mass is 224 g/mol. The van der Waals surface area contributed by atoms with Crippen LogP contribution in [0.25, 0.3) is 0 Å². The molecule has 0 unspecified atom stereocenters. The fraction of sp³-hybridized carbons (Fsp3) is 0.583. The number of pyridine rings is 1. The molecule has 1 heterocycles. The summed E-state index contributed by atoms with van der Waals surface area (Å²) in [6, 6.07) is 4.16. The largest absolute Gasteiger partial charge is 0.313 e. The summed E-state index contributed by atoms with van der Waals surface area (Å²) in [5.41, 5.74) is 1.31. The maximum Gasteiger partial charge on any atom is 0.100 e. The summed E-state index contributed by atoms with van der Waals surface area (Å²) >= 11 is 1.85. The third-order valence-electron chi connectivity index (χ3n) is 1.97. The number of hydrogen-bond acceptors (Lipinski definition) is 3. The second-order valence-corrected chi connectivity index (χ2v) is 4.96. The van der Waals surface area contributed by atoms with Gasteiger partial charge in [0.05, 0.1) is 0 Å². The topological polar surface area (TPSA) is 24.9 Å². The molecule has 1 aromatic rings. The van der Waals surface area contributed by atoms with E-state index < -0.39 is 0 Å². The summed E-state index contributed by atoms with van der Waals surface area (Å²) in [6.07, 6.45) is 1.87. The first-order valence-electron chi connectivity index (χ1n) is 5.51. The molecular weight excluding hydrogens is 204 g/mol. The lowest BCUT2D eigenvalue weighted by atomic mass is 10.3. The fourth-order valence-corrected chi connectivity index (χ4v) is 2.15. The zero-order chi connectivity index (χ0) is 11.1. The Morgan fingerprint density at radius 3 is 2.93 bits per heavy atom. The molecule has 0 radical (unpaired) electrons. The lowest BCUT2D eigenvalue weighted by Crippen LogP contribution is -2.12. The molecule has 15 heavy (non-hydrogen) atoms. The first kappa shape index (κ1) is 12.5. The molecule has 0 saturated carbocycles. The molecule has 0 amide bonds. The van der Waals surface area contributed by atoms with Gasteiger partial charge in [-0.25, -0.2) is 4.98 Å². The van der Waals surface area contributed by atoms with E-state index in [0.717, 1.165) is 18.8 Å². The zero-order valence-corrected chi connectivity index (χ0v) is 10.6. The van der Waals surface area contributed by atoms with Crippen molar-refractivity contribution in [3.05, 3.63) is 23.9 Å². The number of thioether (sulfide) groups is 1. The number of aromatic nitrogens is 1. The Morgan fingerprint density at radius 1 is 1.47 bits per heavy atom. The highest BCUT2D eigenvalue weighted by Gasteiger charge is 2.04. The second kappa shape index (κ2) is 6.85. The average Bonchev–Trinajstić information content (AvgIpc) is 2.24. The quantitative estimate of drug-likeness (QED) is 0.752. The molecule has 1 rings (SSSR count). The van der Waals surface area contributed by atoms with Crippen LogP contribution in [0.4, 0.5) is 0 Å². The van der Waals surface area contributed by atoms with Crippen molar-refractivity contribution in [1.29, 1.82) is 0 Å². The van der Waals surface area contributed by atoms with Gasteiger partial charge in [-0.1, -0.05) is 26.8 Å². The van der Waals surface area contributed by atoms with Crippen LogP contribution in [0.3, 0.4) is 0 Å². The van der Waals surface area contributed by atoms with Crippen molar-refractivity contribution in [3.63, 3.8) is 0 Å². The lowest BCUT2D eigenvalue weighted by Gasteiger charge is -2.09. The minimum Gasteiger partial charge on any atom is -0.313 e. The van der Waals surface area contributed by atoms with Crippen molar-refractivity contribution in [2.45, 2.75) is 32.3 Å². The third kappa shape index (κ3) is 4.67. The number of nitrogens with zero attached hydrogens (tertiary/aromatic N) is 1. The molecule has 0 aliphatic carbocycles. The second-order valence-electron chi connectivity index (χ2n) is 3.95. The molecule has 0 bridgehead atoms. The summed E-state index contributed by atoms with van der Waals surface area (Å²) < 4.78 is 0. The molecule has 0 atom stereocenters. The van der Waals surface area contributed by atoms with E-state index in [1.807, 2.05) is 24.0 Å². The normalized spacial score (nSPS) is 10.9. The van der Waals surface area contributed by atoms with Crippen molar-refractivity contribution in [1.82, 2.24) is 10.3 Å². The molecule has 1 N–H and O–H groups in total. The summed E-state index contributed by atoms with van der Waals surface area (Å²) in [4.78, 5) is 4.43. The van der Waals surface area contributed by atoms with Crippen LogP contribution in [-0.4, -0.2) is 17.3 Å².